The van der Waals surface area contributed by atoms with Crippen LogP contribution in [0.4, 0.5) is 0 Å². The second-order valence-electron chi connectivity index (χ2n) is 4.72. The van der Waals surface area contributed by atoms with Gasteiger partial charge in [-0.15, -0.1) is 11.3 Å². The van der Waals surface area contributed by atoms with Crippen molar-refractivity contribution in [2.75, 3.05) is 14.2 Å². The zero-order chi connectivity index (χ0) is 15.1. The van der Waals surface area contributed by atoms with Crippen molar-refractivity contribution in [3.05, 3.63) is 51.7 Å². The number of aliphatic imine (C=N–C) groups is 1. The van der Waals surface area contributed by atoms with Crippen LogP contribution in [0.2, 0.25) is 0 Å². The first-order valence-electron chi connectivity index (χ1n) is 6.82. The lowest BCUT2D eigenvalue weighted by Crippen LogP contribution is -2.36. The van der Waals surface area contributed by atoms with Crippen molar-refractivity contribution in [2.24, 2.45) is 4.99 Å². The Kier molecular flexibility index (Phi) is 5.63. The number of hydrogen-bond donors (Lipinski definition) is 2. The zero-order valence-electron chi connectivity index (χ0n) is 12.6. The Labute approximate surface area is 129 Å². The van der Waals surface area contributed by atoms with Crippen molar-refractivity contribution in [3.63, 3.8) is 0 Å². The van der Waals surface area contributed by atoms with Crippen molar-refractivity contribution in [1.29, 1.82) is 0 Å². The number of aryl methyl sites for hydroxylation is 1. The summed E-state index contributed by atoms with van der Waals surface area (Å²) in [6.07, 6.45) is 0. The number of nitrogens with zero attached hydrogens (tertiary/aromatic N) is 1. The maximum Gasteiger partial charge on any atom is 0.191 e. The van der Waals surface area contributed by atoms with E-state index in [1.54, 1.807) is 25.5 Å². The Morgan fingerprint density at radius 2 is 2.05 bits per heavy atom. The molecule has 2 N–H and O–H groups in total. The van der Waals surface area contributed by atoms with Gasteiger partial charge >= 0.3 is 0 Å². The van der Waals surface area contributed by atoms with E-state index in [4.69, 9.17) is 4.74 Å². The third-order valence-corrected chi connectivity index (χ3v) is 3.92. The lowest BCUT2D eigenvalue weighted by Gasteiger charge is -2.12. The maximum atomic E-state index is 5.29. The second kappa shape index (κ2) is 7.69. The average Bonchev–Trinajstić information content (AvgIpc) is 3.00. The molecule has 21 heavy (non-hydrogen) atoms. The summed E-state index contributed by atoms with van der Waals surface area (Å²) in [5.74, 6) is 1.68. The van der Waals surface area contributed by atoms with Crippen LogP contribution in [-0.2, 0) is 13.1 Å². The van der Waals surface area contributed by atoms with Gasteiger partial charge in [-0.25, -0.2) is 0 Å². The summed E-state index contributed by atoms with van der Waals surface area (Å²) < 4.78 is 5.29. The van der Waals surface area contributed by atoms with Gasteiger partial charge in [0.2, 0.25) is 0 Å². The number of guanidine groups is 1. The minimum absolute atomic E-state index is 0.710. The van der Waals surface area contributed by atoms with Crippen molar-refractivity contribution in [1.82, 2.24) is 10.6 Å². The lowest BCUT2D eigenvalue weighted by molar-refractivity contribution is 0.414. The Morgan fingerprint density at radius 3 is 2.71 bits per heavy atom. The third-order valence-electron chi connectivity index (χ3n) is 3.04. The summed E-state index contributed by atoms with van der Waals surface area (Å²) in [6.45, 7) is 3.56. The SMILES string of the molecule is CN=C(NCc1cc(C)cc(OC)c1)NCc1cccs1. The predicted molar refractivity (Wildman–Crippen MR) is 89.1 cm³/mol. The first-order chi connectivity index (χ1) is 10.2. The maximum absolute atomic E-state index is 5.29. The van der Waals surface area contributed by atoms with Crippen molar-refractivity contribution in [2.45, 2.75) is 20.0 Å². The van der Waals surface area contributed by atoms with Crippen LogP contribution in [0.25, 0.3) is 0 Å². The van der Waals surface area contributed by atoms with Crippen LogP contribution in [-0.4, -0.2) is 20.1 Å². The molecule has 4 nitrogen and oxygen atoms in total. The quantitative estimate of drug-likeness (QED) is 0.659. The molecule has 2 rings (SSSR count). The van der Waals surface area contributed by atoms with Gasteiger partial charge in [0.15, 0.2) is 5.96 Å². The number of nitrogens with one attached hydrogen (secondary N) is 2. The number of thiophene rings is 1. The molecule has 5 heteroatoms. The van der Waals surface area contributed by atoms with Crippen LogP contribution >= 0.6 is 11.3 Å². The van der Waals surface area contributed by atoms with Crippen LogP contribution in [0.1, 0.15) is 16.0 Å². The molecule has 0 fully saturated rings. The molecule has 0 amide bonds. The van der Waals surface area contributed by atoms with Gasteiger partial charge in [-0.05, 0) is 41.6 Å². The van der Waals surface area contributed by atoms with Crippen LogP contribution in [0.15, 0.2) is 40.7 Å². The summed E-state index contributed by atoms with van der Waals surface area (Å²) in [4.78, 5) is 5.52. The number of benzene rings is 1. The zero-order valence-corrected chi connectivity index (χ0v) is 13.5. The molecule has 112 valence electrons. The van der Waals surface area contributed by atoms with Gasteiger partial charge < -0.3 is 15.4 Å². The van der Waals surface area contributed by atoms with E-state index in [-0.39, 0.29) is 0 Å². The van der Waals surface area contributed by atoms with Gasteiger partial charge in [0.25, 0.3) is 0 Å². The Bertz CT molecular complexity index is 594. The Hall–Kier alpha value is -2.01. The molecule has 0 aliphatic carbocycles. The summed E-state index contributed by atoms with van der Waals surface area (Å²) in [6, 6.07) is 10.4. The summed E-state index contributed by atoms with van der Waals surface area (Å²) in [5, 5.41) is 8.69. The standard InChI is InChI=1S/C16H21N3OS/c1-12-7-13(9-14(8-12)20-3)10-18-16(17-2)19-11-15-5-4-6-21-15/h4-9H,10-11H2,1-3H3,(H2,17,18,19). The molecule has 1 aromatic carbocycles. The van der Waals surface area contributed by atoms with E-state index in [9.17, 15) is 0 Å². The van der Waals surface area contributed by atoms with Crippen LogP contribution in [0, 0.1) is 6.92 Å². The van der Waals surface area contributed by atoms with Crippen LogP contribution < -0.4 is 15.4 Å². The minimum atomic E-state index is 0.710. The highest BCUT2D eigenvalue weighted by Gasteiger charge is 2.02. The second-order valence-corrected chi connectivity index (χ2v) is 5.75. The van der Waals surface area contributed by atoms with Crippen molar-refractivity contribution >= 4 is 17.3 Å². The van der Waals surface area contributed by atoms with E-state index in [0.29, 0.717) is 6.54 Å². The highest BCUT2D eigenvalue weighted by Crippen LogP contribution is 2.16. The molecule has 0 aliphatic heterocycles. The van der Waals surface area contributed by atoms with E-state index in [2.05, 4.69) is 46.1 Å². The summed E-state index contributed by atoms with van der Waals surface area (Å²) >= 11 is 1.73. The van der Waals surface area contributed by atoms with Gasteiger partial charge in [0.05, 0.1) is 13.7 Å². The first kappa shape index (κ1) is 15.4. The fourth-order valence-corrected chi connectivity index (χ4v) is 2.68. The molecule has 0 aliphatic rings. The molecule has 0 unspecified atom stereocenters. The van der Waals surface area contributed by atoms with E-state index < -0.39 is 0 Å². The van der Waals surface area contributed by atoms with E-state index in [1.807, 2.05) is 12.1 Å². The number of methoxy groups -OCH3 is 1. The van der Waals surface area contributed by atoms with E-state index >= 15 is 0 Å². The number of hydrogen-bond acceptors (Lipinski definition) is 3. The fourth-order valence-electron chi connectivity index (χ4n) is 2.03. The summed E-state index contributed by atoms with van der Waals surface area (Å²) in [5.41, 5.74) is 2.36. The molecule has 0 bridgehead atoms. The fraction of sp³-hybridized carbons (Fsp3) is 0.312. The van der Waals surface area contributed by atoms with Gasteiger partial charge in [-0.1, -0.05) is 12.1 Å². The molecule has 0 saturated carbocycles. The normalized spacial score (nSPS) is 11.3. The predicted octanol–water partition coefficient (Wildman–Crippen LogP) is 2.93. The number of ether oxygens (including phenoxy) is 1. The first-order valence-corrected chi connectivity index (χ1v) is 7.70. The molecule has 2 aromatic rings. The molecule has 0 atom stereocenters. The Morgan fingerprint density at radius 1 is 1.24 bits per heavy atom. The topological polar surface area (TPSA) is 45.7 Å². The van der Waals surface area contributed by atoms with Crippen LogP contribution in [0.3, 0.4) is 0 Å². The molecule has 0 spiro atoms. The van der Waals surface area contributed by atoms with Crippen molar-refractivity contribution in [3.8, 4) is 5.75 Å². The average molecular weight is 303 g/mol. The number of rotatable bonds is 5. The Balaban J connectivity index is 1.89. The molecular weight excluding hydrogens is 282 g/mol. The van der Waals surface area contributed by atoms with Gasteiger partial charge in [-0.2, -0.15) is 0 Å². The monoisotopic (exact) mass is 303 g/mol. The highest BCUT2D eigenvalue weighted by molar-refractivity contribution is 7.09. The molecule has 1 heterocycles. The molecular formula is C16H21N3OS. The smallest absolute Gasteiger partial charge is 0.191 e. The largest absolute Gasteiger partial charge is 0.497 e. The molecule has 1 aromatic heterocycles. The molecule has 0 saturated heterocycles. The lowest BCUT2D eigenvalue weighted by atomic mass is 10.1. The highest BCUT2D eigenvalue weighted by atomic mass is 32.1. The van der Waals surface area contributed by atoms with Crippen molar-refractivity contribution < 1.29 is 4.74 Å². The third kappa shape index (κ3) is 4.79. The van der Waals surface area contributed by atoms with Gasteiger partial charge in [0, 0.05) is 18.5 Å². The van der Waals surface area contributed by atoms with E-state index in [1.165, 1.54) is 16.0 Å². The van der Waals surface area contributed by atoms with E-state index in [0.717, 1.165) is 18.3 Å². The van der Waals surface area contributed by atoms with Gasteiger partial charge in [-0.3, -0.25) is 4.99 Å². The van der Waals surface area contributed by atoms with Crippen LogP contribution in [0.5, 0.6) is 5.75 Å². The summed E-state index contributed by atoms with van der Waals surface area (Å²) in [7, 11) is 3.47. The van der Waals surface area contributed by atoms with Gasteiger partial charge in [0.1, 0.15) is 5.75 Å². The minimum Gasteiger partial charge on any atom is -0.497 e. The molecule has 0 radical (unpaired) electrons.